The lowest BCUT2D eigenvalue weighted by Gasteiger charge is -2.07. The van der Waals surface area contributed by atoms with Crippen LogP contribution in [-0.4, -0.2) is 24.2 Å². The zero-order chi connectivity index (χ0) is 11.3. The van der Waals surface area contributed by atoms with Crippen molar-refractivity contribution in [2.24, 2.45) is 0 Å². The minimum absolute atomic E-state index is 0.0730. The Morgan fingerprint density at radius 2 is 2.27 bits per heavy atom. The van der Waals surface area contributed by atoms with Gasteiger partial charge in [0.25, 0.3) is 5.91 Å². The normalized spacial score (nSPS) is 10.0. The van der Waals surface area contributed by atoms with Crippen LogP contribution in [0.3, 0.4) is 0 Å². The molecule has 0 fully saturated rings. The Kier molecular flexibility index (Phi) is 4.12. The molecule has 0 aromatic heterocycles. The number of hydrogen-bond donors (Lipinski definition) is 3. The van der Waals surface area contributed by atoms with Gasteiger partial charge in [-0.05, 0) is 25.5 Å². The lowest BCUT2D eigenvalue weighted by molar-refractivity contribution is 0.0952. The molecule has 0 aliphatic carbocycles. The van der Waals surface area contributed by atoms with E-state index >= 15 is 0 Å². The Bertz CT molecular complexity index is 350. The molecule has 0 saturated carbocycles. The van der Waals surface area contributed by atoms with E-state index in [9.17, 15) is 4.79 Å². The van der Waals surface area contributed by atoms with Crippen LogP contribution in [0, 0.1) is 6.92 Å². The summed E-state index contributed by atoms with van der Waals surface area (Å²) in [7, 11) is 0. The van der Waals surface area contributed by atoms with Gasteiger partial charge in [0.15, 0.2) is 0 Å². The van der Waals surface area contributed by atoms with Gasteiger partial charge in [-0.3, -0.25) is 4.79 Å². The second kappa shape index (κ2) is 5.36. The third kappa shape index (κ3) is 3.25. The van der Waals surface area contributed by atoms with Gasteiger partial charge in [0.2, 0.25) is 0 Å². The fourth-order valence-corrected chi connectivity index (χ4v) is 1.24. The standard InChI is InChI=1S/C11H16N2O2/c1-8-3-4-10(12)9(7-8)11(15)13-5-2-6-14/h3-4,7,14H,2,5-6,12H2,1H3,(H,13,15). The number of aryl methyl sites for hydroxylation is 1. The number of rotatable bonds is 4. The minimum atomic E-state index is -0.190. The molecule has 0 unspecified atom stereocenters. The molecule has 1 aromatic carbocycles. The summed E-state index contributed by atoms with van der Waals surface area (Å²) >= 11 is 0. The van der Waals surface area contributed by atoms with Gasteiger partial charge in [0.1, 0.15) is 0 Å². The molecule has 0 radical (unpaired) electrons. The second-order valence-corrected chi connectivity index (χ2v) is 3.42. The van der Waals surface area contributed by atoms with Gasteiger partial charge in [-0.25, -0.2) is 0 Å². The molecule has 0 atom stereocenters. The van der Waals surface area contributed by atoms with Crippen molar-refractivity contribution in [3.8, 4) is 0 Å². The maximum Gasteiger partial charge on any atom is 0.253 e. The molecule has 0 saturated heterocycles. The predicted molar refractivity (Wildman–Crippen MR) is 59.6 cm³/mol. The van der Waals surface area contributed by atoms with Gasteiger partial charge in [-0.2, -0.15) is 0 Å². The third-order valence-electron chi connectivity index (χ3n) is 2.07. The maximum absolute atomic E-state index is 11.6. The number of nitrogens with one attached hydrogen (secondary N) is 1. The summed E-state index contributed by atoms with van der Waals surface area (Å²) in [6, 6.07) is 5.33. The first-order valence-electron chi connectivity index (χ1n) is 4.90. The van der Waals surface area contributed by atoms with Gasteiger partial charge >= 0.3 is 0 Å². The quantitative estimate of drug-likeness (QED) is 0.503. The van der Waals surface area contributed by atoms with Crippen LogP contribution >= 0.6 is 0 Å². The number of anilines is 1. The molecule has 15 heavy (non-hydrogen) atoms. The van der Waals surface area contributed by atoms with E-state index in [0.717, 1.165) is 5.56 Å². The van der Waals surface area contributed by atoms with Crippen LogP contribution < -0.4 is 11.1 Å². The Hall–Kier alpha value is -1.55. The van der Waals surface area contributed by atoms with Crippen molar-refractivity contribution in [3.63, 3.8) is 0 Å². The largest absolute Gasteiger partial charge is 0.398 e. The van der Waals surface area contributed by atoms with Crippen molar-refractivity contribution in [2.75, 3.05) is 18.9 Å². The molecule has 0 spiro atoms. The van der Waals surface area contributed by atoms with Crippen LogP contribution in [0.25, 0.3) is 0 Å². The van der Waals surface area contributed by atoms with Crippen molar-refractivity contribution < 1.29 is 9.90 Å². The number of carbonyl (C=O) groups is 1. The topological polar surface area (TPSA) is 75.4 Å². The number of hydrogen-bond acceptors (Lipinski definition) is 3. The first kappa shape index (κ1) is 11.5. The Morgan fingerprint density at radius 1 is 1.53 bits per heavy atom. The Labute approximate surface area is 89.1 Å². The number of nitrogen functional groups attached to an aromatic ring is 1. The van der Waals surface area contributed by atoms with E-state index in [4.69, 9.17) is 10.8 Å². The Morgan fingerprint density at radius 3 is 2.93 bits per heavy atom. The van der Waals surface area contributed by atoms with Gasteiger partial charge in [-0.15, -0.1) is 0 Å². The molecule has 1 aromatic rings. The van der Waals surface area contributed by atoms with E-state index in [2.05, 4.69) is 5.32 Å². The smallest absolute Gasteiger partial charge is 0.253 e. The van der Waals surface area contributed by atoms with Crippen LogP contribution in [0.4, 0.5) is 5.69 Å². The van der Waals surface area contributed by atoms with Crippen LogP contribution in [-0.2, 0) is 0 Å². The Balaban J connectivity index is 2.68. The lowest BCUT2D eigenvalue weighted by Crippen LogP contribution is -2.25. The second-order valence-electron chi connectivity index (χ2n) is 3.42. The van der Waals surface area contributed by atoms with E-state index < -0.39 is 0 Å². The van der Waals surface area contributed by atoms with E-state index in [1.807, 2.05) is 13.0 Å². The molecular weight excluding hydrogens is 192 g/mol. The number of amides is 1. The molecule has 0 heterocycles. The summed E-state index contributed by atoms with van der Waals surface area (Å²) < 4.78 is 0. The van der Waals surface area contributed by atoms with E-state index in [1.165, 1.54) is 0 Å². The monoisotopic (exact) mass is 208 g/mol. The molecule has 0 aliphatic heterocycles. The van der Waals surface area contributed by atoms with E-state index in [0.29, 0.717) is 24.2 Å². The van der Waals surface area contributed by atoms with E-state index in [-0.39, 0.29) is 12.5 Å². The number of aliphatic hydroxyl groups is 1. The highest BCUT2D eigenvalue weighted by Crippen LogP contribution is 2.13. The van der Waals surface area contributed by atoms with Crippen molar-refractivity contribution in [2.45, 2.75) is 13.3 Å². The molecule has 4 N–H and O–H groups in total. The number of benzene rings is 1. The van der Waals surface area contributed by atoms with Gasteiger partial charge < -0.3 is 16.2 Å². The summed E-state index contributed by atoms with van der Waals surface area (Å²) in [5, 5.41) is 11.3. The maximum atomic E-state index is 11.6. The molecule has 0 aliphatic rings. The van der Waals surface area contributed by atoms with Crippen molar-refractivity contribution in [1.29, 1.82) is 0 Å². The van der Waals surface area contributed by atoms with Crippen molar-refractivity contribution in [3.05, 3.63) is 29.3 Å². The fourth-order valence-electron chi connectivity index (χ4n) is 1.24. The predicted octanol–water partition coefficient (Wildman–Crippen LogP) is 0.689. The summed E-state index contributed by atoms with van der Waals surface area (Å²) in [5.41, 5.74) is 7.65. The molecule has 4 nitrogen and oxygen atoms in total. The highest BCUT2D eigenvalue weighted by molar-refractivity contribution is 5.99. The van der Waals surface area contributed by atoms with Crippen molar-refractivity contribution >= 4 is 11.6 Å². The molecule has 82 valence electrons. The molecule has 4 heteroatoms. The zero-order valence-corrected chi connectivity index (χ0v) is 8.79. The van der Waals surface area contributed by atoms with Gasteiger partial charge in [0.05, 0.1) is 5.56 Å². The number of carbonyl (C=O) groups excluding carboxylic acids is 1. The molecule has 1 rings (SSSR count). The summed E-state index contributed by atoms with van der Waals surface area (Å²) in [4.78, 5) is 11.6. The van der Waals surface area contributed by atoms with Crippen LogP contribution in [0.15, 0.2) is 18.2 Å². The minimum Gasteiger partial charge on any atom is -0.398 e. The molecule has 1 amide bonds. The molecular formula is C11H16N2O2. The van der Waals surface area contributed by atoms with Crippen LogP contribution in [0.5, 0.6) is 0 Å². The number of nitrogens with two attached hydrogens (primary N) is 1. The zero-order valence-electron chi connectivity index (χ0n) is 8.79. The highest BCUT2D eigenvalue weighted by Gasteiger charge is 2.08. The number of aliphatic hydroxyl groups excluding tert-OH is 1. The molecule has 0 bridgehead atoms. The average Bonchev–Trinajstić information content (AvgIpc) is 2.22. The fraction of sp³-hybridized carbons (Fsp3) is 0.364. The first-order valence-corrected chi connectivity index (χ1v) is 4.90. The van der Waals surface area contributed by atoms with Gasteiger partial charge in [-0.1, -0.05) is 11.6 Å². The first-order chi connectivity index (χ1) is 7.15. The third-order valence-corrected chi connectivity index (χ3v) is 2.07. The van der Waals surface area contributed by atoms with Gasteiger partial charge in [0, 0.05) is 18.8 Å². The lowest BCUT2D eigenvalue weighted by atomic mass is 10.1. The SMILES string of the molecule is Cc1ccc(N)c(C(=O)NCCCO)c1. The summed E-state index contributed by atoms with van der Waals surface area (Å²) in [5.74, 6) is -0.190. The summed E-state index contributed by atoms with van der Waals surface area (Å²) in [6.45, 7) is 2.44. The van der Waals surface area contributed by atoms with Crippen LogP contribution in [0.1, 0.15) is 22.3 Å². The average molecular weight is 208 g/mol. The highest BCUT2D eigenvalue weighted by atomic mass is 16.3. The van der Waals surface area contributed by atoms with E-state index in [1.54, 1.807) is 12.1 Å². The van der Waals surface area contributed by atoms with Crippen LogP contribution in [0.2, 0.25) is 0 Å². The summed E-state index contributed by atoms with van der Waals surface area (Å²) in [6.07, 6.45) is 0.553. The van der Waals surface area contributed by atoms with Crippen molar-refractivity contribution in [1.82, 2.24) is 5.32 Å².